The van der Waals surface area contributed by atoms with Crippen LogP contribution in [0.15, 0.2) is 0 Å². The van der Waals surface area contributed by atoms with E-state index < -0.39 is 0 Å². The van der Waals surface area contributed by atoms with Gasteiger partial charge in [0.2, 0.25) is 0 Å². The van der Waals surface area contributed by atoms with Crippen LogP contribution in [0.2, 0.25) is 0 Å². The smallest absolute Gasteiger partial charge is 0.00750 e. The van der Waals surface area contributed by atoms with Gasteiger partial charge in [-0.3, -0.25) is 0 Å². The number of nitrogens with two attached hydrogens (primary N) is 1. The molecule has 0 bridgehead atoms. The lowest BCUT2D eigenvalue weighted by Crippen LogP contribution is -2.25. The van der Waals surface area contributed by atoms with Crippen molar-refractivity contribution in [2.45, 2.75) is 25.3 Å². The SMILES string of the molecule is CSC[C@@H]1CCC[C@H]1N. The van der Waals surface area contributed by atoms with E-state index in [2.05, 4.69) is 6.26 Å². The Labute approximate surface area is 61.4 Å². The highest BCUT2D eigenvalue weighted by Crippen LogP contribution is 2.26. The summed E-state index contributed by atoms with van der Waals surface area (Å²) < 4.78 is 0. The number of rotatable bonds is 2. The van der Waals surface area contributed by atoms with E-state index in [1.807, 2.05) is 11.8 Å². The molecule has 0 aromatic rings. The summed E-state index contributed by atoms with van der Waals surface area (Å²) in [5.41, 5.74) is 5.85. The van der Waals surface area contributed by atoms with Crippen molar-refractivity contribution in [2.24, 2.45) is 11.7 Å². The molecule has 0 aliphatic heterocycles. The Balaban J connectivity index is 2.22. The van der Waals surface area contributed by atoms with Gasteiger partial charge in [-0.1, -0.05) is 6.42 Å². The molecular formula is C7H15NS. The molecule has 0 saturated heterocycles. The first kappa shape index (κ1) is 7.42. The maximum atomic E-state index is 5.85. The van der Waals surface area contributed by atoms with E-state index in [0.717, 1.165) is 5.92 Å². The van der Waals surface area contributed by atoms with Crippen LogP contribution in [-0.4, -0.2) is 18.1 Å². The Morgan fingerprint density at radius 1 is 1.56 bits per heavy atom. The lowest BCUT2D eigenvalue weighted by molar-refractivity contribution is 0.536. The molecule has 0 aromatic carbocycles. The molecule has 1 aliphatic carbocycles. The largest absolute Gasteiger partial charge is 0.327 e. The Hall–Kier alpha value is 0.310. The highest BCUT2D eigenvalue weighted by molar-refractivity contribution is 7.98. The molecule has 1 rings (SSSR count). The normalized spacial score (nSPS) is 35.3. The predicted octanol–water partition coefficient (Wildman–Crippen LogP) is 1.48. The molecule has 1 fully saturated rings. The van der Waals surface area contributed by atoms with E-state index in [1.165, 1.54) is 25.0 Å². The van der Waals surface area contributed by atoms with Gasteiger partial charge < -0.3 is 5.73 Å². The van der Waals surface area contributed by atoms with Gasteiger partial charge in [0.15, 0.2) is 0 Å². The average Bonchev–Trinajstić information content (AvgIpc) is 2.18. The zero-order chi connectivity index (χ0) is 6.69. The van der Waals surface area contributed by atoms with E-state index in [4.69, 9.17) is 5.73 Å². The zero-order valence-electron chi connectivity index (χ0n) is 5.97. The fourth-order valence-corrected chi connectivity index (χ4v) is 2.33. The van der Waals surface area contributed by atoms with Crippen molar-refractivity contribution in [3.8, 4) is 0 Å². The molecule has 2 N–H and O–H groups in total. The maximum Gasteiger partial charge on any atom is 0.00750 e. The van der Waals surface area contributed by atoms with Gasteiger partial charge >= 0.3 is 0 Å². The van der Waals surface area contributed by atoms with Crippen molar-refractivity contribution in [3.05, 3.63) is 0 Å². The molecule has 1 saturated carbocycles. The highest BCUT2D eigenvalue weighted by atomic mass is 32.2. The van der Waals surface area contributed by atoms with E-state index in [-0.39, 0.29) is 0 Å². The molecule has 0 radical (unpaired) electrons. The van der Waals surface area contributed by atoms with Gasteiger partial charge in [-0.2, -0.15) is 11.8 Å². The van der Waals surface area contributed by atoms with Crippen molar-refractivity contribution in [3.63, 3.8) is 0 Å². The second kappa shape index (κ2) is 3.47. The van der Waals surface area contributed by atoms with Crippen LogP contribution >= 0.6 is 11.8 Å². The first-order valence-corrected chi connectivity index (χ1v) is 4.98. The fourth-order valence-electron chi connectivity index (χ4n) is 1.49. The molecule has 0 amide bonds. The number of hydrogen-bond donors (Lipinski definition) is 1. The second-order valence-electron chi connectivity index (χ2n) is 2.81. The summed E-state index contributed by atoms with van der Waals surface area (Å²) in [7, 11) is 0. The van der Waals surface area contributed by atoms with Gasteiger partial charge in [0.05, 0.1) is 0 Å². The summed E-state index contributed by atoms with van der Waals surface area (Å²) in [5, 5.41) is 0. The van der Waals surface area contributed by atoms with Crippen LogP contribution in [0.25, 0.3) is 0 Å². The van der Waals surface area contributed by atoms with Crippen LogP contribution in [0, 0.1) is 5.92 Å². The molecule has 2 atom stereocenters. The molecule has 9 heavy (non-hydrogen) atoms. The lowest BCUT2D eigenvalue weighted by atomic mass is 10.1. The minimum absolute atomic E-state index is 0.512. The zero-order valence-corrected chi connectivity index (χ0v) is 6.79. The molecule has 0 spiro atoms. The van der Waals surface area contributed by atoms with E-state index in [9.17, 15) is 0 Å². The second-order valence-corrected chi connectivity index (χ2v) is 3.72. The van der Waals surface area contributed by atoms with Gasteiger partial charge in [-0.25, -0.2) is 0 Å². The molecule has 2 heteroatoms. The lowest BCUT2D eigenvalue weighted by Gasteiger charge is -2.12. The van der Waals surface area contributed by atoms with Crippen molar-refractivity contribution in [1.29, 1.82) is 0 Å². The summed E-state index contributed by atoms with van der Waals surface area (Å²) in [6, 6.07) is 0.512. The first-order chi connectivity index (χ1) is 4.34. The van der Waals surface area contributed by atoms with Crippen LogP contribution in [0.5, 0.6) is 0 Å². The van der Waals surface area contributed by atoms with E-state index in [1.54, 1.807) is 0 Å². The third-order valence-corrected chi connectivity index (χ3v) is 2.86. The van der Waals surface area contributed by atoms with Gasteiger partial charge in [0.1, 0.15) is 0 Å². The molecule has 0 unspecified atom stereocenters. The minimum Gasteiger partial charge on any atom is -0.327 e. The quantitative estimate of drug-likeness (QED) is 0.637. The maximum absolute atomic E-state index is 5.85. The Morgan fingerprint density at radius 2 is 2.33 bits per heavy atom. The molecule has 0 aromatic heterocycles. The predicted molar refractivity (Wildman–Crippen MR) is 43.7 cm³/mol. The van der Waals surface area contributed by atoms with Gasteiger partial charge in [0.25, 0.3) is 0 Å². The van der Waals surface area contributed by atoms with Gasteiger partial charge in [-0.05, 0) is 30.8 Å². The number of hydrogen-bond acceptors (Lipinski definition) is 2. The van der Waals surface area contributed by atoms with Crippen molar-refractivity contribution < 1.29 is 0 Å². The molecular weight excluding hydrogens is 130 g/mol. The van der Waals surface area contributed by atoms with E-state index in [0.29, 0.717) is 6.04 Å². The third kappa shape index (κ3) is 1.87. The molecule has 1 aliphatic rings. The Bertz CT molecular complexity index is 85.0. The Morgan fingerprint density at radius 3 is 2.78 bits per heavy atom. The summed E-state index contributed by atoms with van der Waals surface area (Å²) in [6.07, 6.45) is 6.13. The third-order valence-electron chi connectivity index (χ3n) is 2.10. The van der Waals surface area contributed by atoms with Crippen molar-refractivity contribution >= 4 is 11.8 Å². The highest BCUT2D eigenvalue weighted by Gasteiger charge is 2.22. The fraction of sp³-hybridized carbons (Fsp3) is 1.00. The van der Waals surface area contributed by atoms with Crippen LogP contribution in [-0.2, 0) is 0 Å². The summed E-state index contributed by atoms with van der Waals surface area (Å²) in [5.74, 6) is 2.08. The van der Waals surface area contributed by atoms with Crippen molar-refractivity contribution in [2.75, 3.05) is 12.0 Å². The average molecular weight is 145 g/mol. The van der Waals surface area contributed by atoms with Crippen LogP contribution < -0.4 is 5.73 Å². The molecule has 0 heterocycles. The first-order valence-electron chi connectivity index (χ1n) is 3.59. The monoisotopic (exact) mass is 145 g/mol. The van der Waals surface area contributed by atoms with Gasteiger partial charge in [-0.15, -0.1) is 0 Å². The van der Waals surface area contributed by atoms with E-state index >= 15 is 0 Å². The standard InChI is InChI=1S/C7H15NS/c1-9-5-6-3-2-4-7(6)8/h6-7H,2-5,8H2,1H3/t6-,7+/m0/s1. The van der Waals surface area contributed by atoms with Crippen LogP contribution in [0.4, 0.5) is 0 Å². The number of thioether (sulfide) groups is 1. The van der Waals surface area contributed by atoms with Crippen LogP contribution in [0.3, 0.4) is 0 Å². The Kier molecular flexibility index (Phi) is 2.86. The van der Waals surface area contributed by atoms with Crippen molar-refractivity contribution in [1.82, 2.24) is 0 Å². The minimum atomic E-state index is 0.512. The molecule has 1 nitrogen and oxygen atoms in total. The topological polar surface area (TPSA) is 26.0 Å². The van der Waals surface area contributed by atoms with Crippen LogP contribution in [0.1, 0.15) is 19.3 Å². The summed E-state index contributed by atoms with van der Waals surface area (Å²) >= 11 is 1.92. The van der Waals surface area contributed by atoms with Gasteiger partial charge in [0, 0.05) is 6.04 Å². The summed E-state index contributed by atoms with van der Waals surface area (Å²) in [6.45, 7) is 0. The summed E-state index contributed by atoms with van der Waals surface area (Å²) in [4.78, 5) is 0. The molecule has 54 valence electrons.